The van der Waals surface area contributed by atoms with Crippen molar-refractivity contribution in [2.45, 2.75) is 71.1 Å². The molecule has 6 heteroatoms. The van der Waals surface area contributed by atoms with Gasteiger partial charge in [0.05, 0.1) is 6.61 Å². The Morgan fingerprint density at radius 2 is 1.44 bits per heavy atom. The largest absolute Gasteiger partial charge is 0.507 e. The van der Waals surface area contributed by atoms with Gasteiger partial charge in [0.15, 0.2) is 0 Å². The Balaban J connectivity index is 1.82. The molecule has 32 heavy (non-hydrogen) atoms. The Kier molecular flexibility index (Phi) is 11.7. The molecule has 0 heterocycles. The Bertz CT molecular complexity index is 846. The molecule has 0 radical (unpaired) electrons. The van der Waals surface area contributed by atoms with Gasteiger partial charge in [-0.2, -0.15) is 0 Å². The highest BCUT2D eigenvalue weighted by atomic mass is 16.5. The molecule has 2 rings (SSSR count). The molecule has 0 saturated carbocycles. The molecule has 6 nitrogen and oxygen atoms in total. The smallest absolute Gasteiger partial charge is 0.211 e. The topological polar surface area (TPSA) is 106 Å². The molecule has 0 unspecified atom stereocenters. The number of phenols is 1. The standard InChI is InChI=1S/C26H38N4O2/c1-2-3-4-5-6-7-8-9-10-14-19-32-22-17-18-23(24(31)20-22)25(29-30-26(27)28)21-15-12-11-13-16-21/h11-13,15-18,20,31H,2-10,14,19H2,1H3,(H4,27,28,30)/b29-25-. The summed E-state index contributed by atoms with van der Waals surface area (Å²) in [4.78, 5) is 0. The lowest BCUT2D eigenvalue weighted by atomic mass is 10.0. The van der Waals surface area contributed by atoms with Crippen molar-refractivity contribution in [3.63, 3.8) is 0 Å². The van der Waals surface area contributed by atoms with Crippen molar-refractivity contribution in [1.29, 1.82) is 0 Å². The summed E-state index contributed by atoms with van der Waals surface area (Å²) in [7, 11) is 0. The van der Waals surface area contributed by atoms with Crippen LogP contribution in [0.1, 0.15) is 82.3 Å². The van der Waals surface area contributed by atoms with Gasteiger partial charge in [0.25, 0.3) is 0 Å². The number of hydrogen-bond donors (Lipinski definition) is 3. The zero-order chi connectivity index (χ0) is 23.0. The molecule has 0 spiro atoms. The van der Waals surface area contributed by atoms with E-state index in [1.54, 1.807) is 12.1 Å². The van der Waals surface area contributed by atoms with Crippen molar-refractivity contribution in [1.82, 2.24) is 0 Å². The Morgan fingerprint density at radius 3 is 2.03 bits per heavy atom. The first-order chi connectivity index (χ1) is 15.6. The summed E-state index contributed by atoms with van der Waals surface area (Å²) in [5, 5.41) is 18.5. The highest BCUT2D eigenvalue weighted by molar-refractivity contribution is 6.14. The Hall–Kier alpha value is -3.02. The van der Waals surface area contributed by atoms with Crippen LogP contribution in [0, 0.1) is 0 Å². The summed E-state index contributed by atoms with van der Waals surface area (Å²) in [6.07, 6.45) is 12.9. The maximum atomic E-state index is 10.6. The van der Waals surface area contributed by atoms with Crippen molar-refractivity contribution in [2.24, 2.45) is 21.7 Å². The number of ether oxygens (including phenoxy) is 1. The molecule has 5 N–H and O–H groups in total. The van der Waals surface area contributed by atoms with E-state index >= 15 is 0 Å². The zero-order valence-corrected chi connectivity index (χ0v) is 19.3. The molecule has 0 bridgehead atoms. The van der Waals surface area contributed by atoms with Crippen LogP contribution in [0.2, 0.25) is 0 Å². The summed E-state index contributed by atoms with van der Waals surface area (Å²) >= 11 is 0. The SMILES string of the molecule is CCCCCCCCCCCCOc1ccc(/C(=N\N=C(N)N)c2ccccc2)c(O)c1. The lowest BCUT2D eigenvalue weighted by Crippen LogP contribution is -2.22. The van der Waals surface area contributed by atoms with Gasteiger partial charge in [-0.1, -0.05) is 95.0 Å². The zero-order valence-electron chi connectivity index (χ0n) is 19.3. The Labute approximate surface area is 192 Å². The highest BCUT2D eigenvalue weighted by Crippen LogP contribution is 2.27. The van der Waals surface area contributed by atoms with Gasteiger partial charge in [0.1, 0.15) is 17.2 Å². The monoisotopic (exact) mass is 438 g/mol. The summed E-state index contributed by atoms with van der Waals surface area (Å²) in [6, 6.07) is 14.7. The van der Waals surface area contributed by atoms with Crippen LogP contribution in [0.4, 0.5) is 0 Å². The summed E-state index contributed by atoms with van der Waals surface area (Å²) in [6.45, 7) is 2.89. The molecule has 0 atom stereocenters. The predicted molar refractivity (Wildman–Crippen MR) is 133 cm³/mol. The van der Waals surface area contributed by atoms with Gasteiger partial charge < -0.3 is 21.3 Å². The molecule has 0 fully saturated rings. The second-order valence-electron chi connectivity index (χ2n) is 8.05. The maximum absolute atomic E-state index is 10.6. The molecular weight excluding hydrogens is 400 g/mol. The number of hydrogen-bond acceptors (Lipinski definition) is 4. The minimum atomic E-state index is -0.144. The summed E-state index contributed by atoms with van der Waals surface area (Å²) < 4.78 is 5.83. The molecule has 0 aliphatic heterocycles. The number of phenolic OH excluding ortho intramolecular Hbond substituents is 1. The fourth-order valence-corrected chi connectivity index (χ4v) is 3.55. The van der Waals surface area contributed by atoms with Crippen LogP contribution < -0.4 is 16.2 Å². The molecule has 2 aromatic rings. The average Bonchev–Trinajstić information content (AvgIpc) is 2.79. The van der Waals surface area contributed by atoms with Crippen LogP contribution in [0.25, 0.3) is 0 Å². The van der Waals surface area contributed by atoms with Crippen molar-refractivity contribution in [3.05, 3.63) is 59.7 Å². The third-order valence-electron chi connectivity index (χ3n) is 5.30. The van der Waals surface area contributed by atoms with Gasteiger partial charge in [-0.15, -0.1) is 10.2 Å². The summed E-state index contributed by atoms with van der Waals surface area (Å²) in [5.74, 6) is 0.560. The first-order valence-corrected chi connectivity index (χ1v) is 11.8. The third kappa shape index (κ3) is 9.41. The van der Waals surface area contributed by atoms with Gasteiger partial charge in [-0.25, -0.2) is 0 Å². The first kappa shape index (κ1) is 25.2. The quantitative estimate of drug-likeness (QED) is 0.143. The molecule has 2 aromatic carbocycles. The van der Waals surface area contributed by atoms with E-state index in [1.165, 1.54) is 57.8 Å². The van der Waals surface area contributed by atoms with Crippen LogP contribution in [0.3, 0.4) is 0 Å². The lowest BCUT2D eigenvalue weighted by molar-refractivity contribution is 0.302. The molecular formula is C26H38N4O2. The number of rotatable bonds is 15. The number of benzene rings is 2. The molecule has 0 saturated heterocycles. The lowest BCUT2D eigenvalue weighted by Gasteiger charge is -2.11. The maximum Gasteiger partial charge on any atom is 0.211 e. The van der Waals surface area contributed by atoms with E-state index in [2.05, 4.69) is 17.1 Å². The second-order valence-corrected chi connectivity index (χ2v) is 8.05. The van der Waals surface area contributed by atoms with E-state index in [9.17, 15) is 5.11 Å². The van der Waals surface area contributed by atoms with Gasteiger partial charge in [-0.05, 0) is 18.6 Å². The normalized spacial score (nSPS) is 11.3. The molecule has 174 valence electrons. The van der Waals surface area contributed by atoms with Crippen molar-refractivity contribution in [3.8, 4) is 11.5 Å². The van der Waals surface area contributed by atoms with Gasteiger partial charge in [-0.3, -0.25) is 0 Å². The van der Waals surface area contributed by atoms with Gasteiger partial charge >= 0.3 is 0 Å². The van der Waals surface area contributed by atoms with Crippen molar-refractivity contribution < 1.29 is 9.84 Å². The van der Waals surface area contributed by atoms with E-state index in [-0.39, 0.29) is 11.7 Å². The number of nitrogens with two attached hydrogens (primary N) is 2. The van der Waals surface area contributed by atoms with E-state index in [0.29, 0.717) is 23.6 Å². The minimum Gasteiger partial charge on any atom is -0.507 e. The number of guanidine groups is 1. The second kappa shape index (κ2) is 14.9. The number of unbranched alkanes of at least 4 members (excludes halogenated alkanes) is 9. The molecule has 0 aliphatic rings. The van der Waals surface area contributed by atoms with E-state index in [1.807, 2.05) is 36.4 Å². The van der Waals surface area contributed by atoms with Crippen LogP contribution in [0.15, 0.2) is 58.7 Å². The van der Waals surface area contributed by atoms with Gasteiger partial charge in [0, 0.05) is 17.2 Å². The van der Waals surface area contributed by atoms with Crippen LogP contribution in [-0.2, 0) is 0 Å². The van der Waals surface area contributed by atoms with Crippen LogP contribution in [0.5, 0.6) is 11.5 Å². The fraction of sp³-hybridized carbons (Fsp3) is 0.462. The summed E-state index contributed by atoms with van der Waals surface area (Å²) in [5.41, 5.74) is 12.7. The first-order valence-electron chi connectivity index (χ1n) is 11.8. The molecule has 0 aromatic heterocycles. The van der Waals surface area contributed by atoms with Crippen molar-refractivity contribution in [2.75, 3.05) is 6.61 Å². The van der Waals surface area contributed by atoms with Crippen molar-refractivity contribution >= 4 is 11.7 Å². The van der Waals surface area contributed by atoms with Crippen LogP contribution in [-0.4, -0.2) is 23.4 Å². The predicted octanol–water partition coefficient (Wildman–Crippen LogP) is 5.72. The van der Waals surface area contributed by atoms with Crippen LogP contribution >= 0.6 is 0 Å². The van der Waals surface area contributed by atoms with E-state index in [4.69, 9.17) is 16.2 Å². The van der Waals surface area contributed by atoms with E-state index in [0.717, 1.165) is 12.0 Å². The number of aromatic hydroxyl groups is 1. The fourth-order valence-electron chi connectivity index (χ4n) is 3.55. The van der Waals surface area contributed by atoms with Gasteiger partial charge in [0.2, 0.25) is 5.96 Å². The highest BCUT2D eigenvalue weighted by Gasteiger charge is 2.13. The minimum absolute atomic E-state index is 0.0685. The number of nitrogens with zero attached hydrogens (tertiary/aromatic N) is 2. The Morgan fingerprint density at radius 1 is 0.812 bits per heavy atom. The molecule has 0 aliphatic carbocycles. The van der Waals surface area contributed by atoms with E-state index < -0.39 is 0 Å². The third-order valence-corrected chi connectivity index (χ3v) is 5.30. The average molecular weight is 439 g/mol. The molecule has 0 amide bonds.